The number of aliphatic hydroxyl groups is 1. The van der Waals surface area contributed by atoms with E-state index < -0.39 is 29.9 Å². The second-order valence-corrected chi connectivity index (χ2v) is 6.66. The zero-order valence-electron chi connectivity index (χ0n) is 15.0. The van der Waals surface area contributed by atoms with E-state index in [2.05, 4.69) is 5.32 Å². The molecule has 2 rings (SSSR count). The molecule has 1 aliphatic heterocycles. The number of para-hydroxylation sites is 1. The number of anilines is 1. The highest BCUT2D eigenvalue weighted by Crippen LogP contribution is 2.21. The van der Waals surface area contributed by atoms with E-state index in [1.54, 1.807) is 6.07 Å². The maximum Gasteiger partial charge on any atom is 0.355 e. The van der Waals surface area contributed by atoms with Crippen LogP contribution in [0.25, 0.3) is 0 Å². The highest BCUT2D eigenvalue weighted by Gasteiger charge is 2.35. The highest BCUT2D eigenvalue weighted by atomic mass is 16.7. The Balaban J connectivity index is 2.14. The zero-order chi connectivity index (χ0) is 19.3. The molecule has 1 heterocycles. The van der Waals surface area contributed by atoms with E-state index in [0.717, 1.165) is 5.56 Å². The normalized spacial score (nSPS) is 16.7. The summed E-state index contributed by atoms with van der Waals surface area (Å²) in [5, 5.41) is 12.8. The summed E-state index contributed by atoms with van der Waals surface area (Å²) in [4.78, 5) is 40.9. The maximum absolute atomic E-state index is 12.5. The van der Waals surface area contributed by atoms with E-state index in [-0.39, 0.29) is 25.4 Å². The minimum atomic E-state index is -0.761. The van der Waals surface area contributed by atoms with Crippen molar-refractivity contribution in [2.24, 2.45) is 11.7 Å². The number of hydrogen-bond acceptors (Lipinski definition) is 7. The number of nitrogens with one attached hydrogen (secondary N) is 1. The highest BCUT2D eigenvalue weighted by molar-refractivity contribution is 6.01. The number of amides is 2. The van der Waals surface area contributed by atoms with E-state index in [1.165, 1.54) is 0 Å². The van der Waals surface area contributed by atoms with Gasteiger partial charge in [0.2, 0.25) is 0 Å². The lowest BCUT2D eigenvalue weighted by Crippen LogP contribution is -2.42. The van der Waals surface area contributed by atoms with Crippen molar-refractivity contribution >= 4 is 23.5 Å². The van der Waals surface area contributed by atoms with Crippen LogP contribution < -0.4 is 11.1 Å². The Morgan fingerprint density at radius 3 is 2.46 bits per heavy atom. The van der Waals surface area contributed by atoms with E-state index in [0.29, 0.717) is 17.2 Å². The van der Waals surface area contributed by atoms with Gasteiger partial charge in [-0.25, -0.2) is 4.79 Å². The van der Waals surface area contributed by atoms with Crippen molar-refractivity contribution in [2.75, 3.05) is 11.9 Å². The van der Waals surface area contributed by atoms with Gasteiger partial charge in [0.15, 0.2) is 0 Å². The lowest BCUT2D eigenvalue weighted by molar-refractivity contribution is -0.198. The predicted molar refractivity (Wildman–Crippen MR) is 94.6 cm³/mol. The van der Waals surface area contributed by atoms with Crippen molar-refractivity contribution < 1.29 is 24.3 Å². The third-order valence-electron chi connectivity index (χ3n) is 4.15. The summed E-state index contributed by atoms with van der Waals surface area (Å²) in [6.07, 6.45) is 0.532. The first kappa shape index (κ1) is 19.9. The summed E-state index contributed by atoms with van der Waals surface area (Å²) in [6.45, 7) is 3.51. The fourth-order valence-electron chi connectivity index (χ4n) is 2.66. The summed E-state index contributed by atoms with van der Waals surface area (Å²) in [5.41, 5.74) is 7.35. The van der Waals surface area contributed by atoms with Crippen LogP contribution in [0.3, 0.4) is 0 Å². The van der Waals surface area contributed by atoms with E-state index in [1.807, 2.05) is 32.0 Å². The van der Waals surface area contributed by atoms with Crippen LogP contribution in [-0.2, 0) is 25.6 Å². The maximum atomic E-state index is 12.5. The summed E-state index contributed by atoms with van der Waals surface area (Å²) in [6, 6.07) is 6.13. The van der Waals surface area contributed by atoms with Crippen molar-refractivity contribution in [3.63, 3.8) is 0 Å². The second kappa shape index (κ2) is 8.77. The van der Waals surface area contributed by atoms with Gasteiger partial charge in [0, 0.05) is 24.6 Å². The van der Waals surface area contributed by atoms with Gasteiger partial charge >= 0.3 is 5.97 Å². The lowest BCUT2D eigenvalue weighted by atomic mass is 10.0. The minimum Gasteiger partial charge on any atom is -0.395 e. The van der Waals surface area contributed by atoms with Gasteiger partial charge in [-0.2, -0.15) is 0 Å². The fourth-order valence-corrected chi connectivity index (χ4v) is 2.66. The average molecular weight is 363 g/mol. The molecule has 1 aromatic carbocycles. The molecule has 142 valence electrons. The number of carbonyl (C=O) groups is 3. The first-order valence-corrected chi connectivity index (χ1v) is 8.62. The number of nitrogens with two attached hydrogens (primary N) is 1. The Morgan fingerprint density at radius 1 is 1.27 bits per heavy atom. The molecule has 1 saturated heterocycles. The Labute approximate surface area is 152 Å². The van der Waals surface area contributed by atoms with Crippen LogP contribution in [0, 0.1) is 5.92 Å². The van der Waals surface area contributed by atoms with Gasteiger partial charge in [0.1, 0.15) is 6.04 Å². The molecular formula is C18H25N3O5. The second-order valence-electron chi connectivity index (χ2n) is 6.66. The SMILES string of the molecule is CC(C)[C@H](Nc1ccccc1C[C@H](N)CO)C(=O)ON1C(=O)CCC1=O. The largest absolute Gasteiger partial charge is 0.395 e. The number of hydroxylamine groups is 2. The van der Waals surface area contributed by atoms with Crippen LogP contribution in [-0.4, -0.2) is 46.6 Å². The first-order valence-electron chi connectivity index (χ1n) is 8.62. The lowest BCUT2D eigenvalue weighted by Gasteiger charge is -2.25. The molecule has 4 N–H and O–H groups in total. The molecule has 0 unspecified atom stereocenters. The number of aliphatic hydroxyl groups excluding tert-OH is 1. The smallest absolute Gasteiger partial charge is 0.355 e. The summed E-state index contributed by atoms with van der Waals surface area (Å²) in [5.74, 6) is -1.89. The fraction of sp³-hybridized carbons (Fsp3) is 0.500. The molecule has 0 spiro atoms. The summed E-state index contributed by atoms with van der Waals surface area (Å²) < 4.78 is 0. The molecule has 26 heavy (non-hydrogen) atoms. The topological polar surface area (TPSA) is 122 Å². The standard InChI is InChI=1S/C18H25N3O5/c1-11(2)17(18(25)26-21-15(23)7-8-16(21)24)20-14-6-4-3-5-12(14)9-13(19)10-22/h3-6,11,13,17,20,22H,7-10,19H2,1-2H3/t13-,17-/m0/s1. The number of benzene rings is 1. The minimum absolute atomic E-state index is 0.0494. The van der Waals surface area contributed by atoms with Crippen LogP contribution in [0.5, 0.6) is 0 Å². The van der Waals surface area contributed by atoms with Gasteiger partial charge in [-0.3, -0.25) is 9.59 Å². The summed E-state index contributed by atoms with van der Waals surface area (Å²) in [7, 11) is 0. The predicted octanol–water partition coefficient (Wildman–Crippen LogP) is 0.592. The van der Waals surface area contributed by atoms with Gasteiger partial charge in [0.25, 0.3) is 11.8 Å². The third kappa shape index (κ3) is 4.80. The van der Waals surface area contributed by atoms with Crippen LogP contribution in [0.2, 0.25) is 0 Å². The van der Waals surface area contributed by atoms with E-state index >= 15 is 0 Å². The number of carbonyl (C=O) groups excluding carboxylic acids is 3. The van der Waals surface area contributed by atoms with Gasteiger partial charge in [0.05, 0.1) is 6.61 Å². The Kier molecular flexibility index (Phi) is 6.70. The molecule has 2 atom stereocenters. The molecule has 8 heteroatoms. The van der Waals surface area contributed by atoms with Crippen molar-refractivity contribution in [3.05, 3.63) is 29.8 Å². The van der Waals surface area contributed by atoms with Crippen LogP contribution in [0.4, 0.5) is 5.69 Å². The van der Waals surface area contributed by atoms with Crippen LogP contribution in [0.1, 0.15) is 32.3 Å². The van der Waals surface area contributed by atoms with Crippen LogP contribution in [0.15, 0.2) is 24.3 Å². The monoisotopic (exact) mass is 363 g/mol. The Bertz CT molecular complexity index is 661. The molecule has 0 saturated carbocycles. The molecule has 0 bridgehead atoms. The summed E-state index contributed by atoms with van der Waals surface area (Å²) >= 11 is 0. The van der Waals surface area contributed by atoms with Crippen molar-refractivity contribution in [2.45, 2.75) is 45.2 Å². The van der Waals surface area contributed by atoms with E-state index in [4.69, 9.17) is 15.7 Å². The number of nitrogens with zero attached hydrogens (tertiary/aromatic N) is 1. The number of hydrogen-bond donors (Lipinski definition) is 3. The molecule has 2 amide bonds. The Hall–Kier alpha value is -2.45. The van der Waals surface area contributed by atoms with Crippen molar-refractivity contribution in [1.82, 2.24) is 5.06 Å². The van der Waals surface area contributed by atoms with Crippen molar-refractivity contribution in [1.29, 1.82) is 0 Å². The molecular weight excluding hydrogens is 338 g/mol. The molecule has 1 aliphatic rings. The Morgan fingerprint density at radius 2 is 1.88 bits per heavy atom. The van der Waals surface area contributed by atoms with Crippen molar-refractivity contribution in [3.8, 4) is 0 Å². The molecule has 8 nitrogen and oxygen atoms in total. The molecule has 0 radical (unpaired) electrons. The quantitative estimate of drug-likeness (QED) is 0.578. The molecule has 0 aromatic heterocycles. The molecule has 1 aromatic rings. The first-order chi connectivity index (χ1) is 12.3. The molecule has 1 fully saturated rings. The van der Waals surface area contributed by atoms with E-state index in [9.17, 15) is 14.4 Å². The van der Waals surface area contributed by atoms with Gasteiger partial charge in [-0.05, 0) is 24.0 Å². The van der Waals surface area contributed by atoms with Crippen LogP contribution >= 0.6 is 0 Å². The average Bonchev–Trinajstić information content (AvgIpc) is 2.92. The van der Waals surface area contributed by atoms with Gasteiger partial charge in [-0.1, -0.05) is 32.0 Å². The number of imide groups is 1. The van der Waals surface area contributed by atoms with Gasteiger partial charge in [-0.15, -0.1) is 5.06 Å². The molecule has 0 aliphatic carbocycles. The zero-order valence-corrected chi connectivity index (χ0v) is 15.0. The number of rotatable bonds is 8. The van der Waals surface area contributed by atoms with Gasteiger partial charge < -0.3 is 21.0 Å². The third-order valence-corrected chi connectivity index (χ3v) is 4.15.